The Morgan fingerprint density at radius 3 is 1.77 bits per heavy atom. The van der Waals surface area contributed by atoms with E-state index in [9.17, 15) is 8.42 Å². The minimum absolute atomic E-state index is 0. The van der Waals surface area contributed by atoms with Crippen molar-refractivity contribution in [1.82, 2.24) is 10.6 Å². The van der Waals surface area contributed by atoms with E-state index >= 15 is 0 Å². The number of aliphatic imine (C=N–C) groups is 1. The van der Waals surface area contributed by atoms with Crippen LogP contribution in [0.5, 0.6) is 0 Å². The molecule has 0 aliphatic heterocycles. The van der Waals surface area contributed by atoms with E-state index in [0.29, 0.717) is 17.4 Å². The molecule has 164 valence electrons. The van der Waals surface area contributed by atoms with E-state index < -0.39 is 9.84 Å². The normalized spacial score (nSPS) is 11.6. The van der Waals surface area contributed by atoms with Crippen LogP contribution in [0.15, 0.2) is 101 Å². The first-order valence-electron chi connectivity index (χ1n) is 9.92. The Morgan fingerprint density at radius 2 is 1.29 bits per heavy atom. The number of hydrogen-bond donors (Lipinski definition) is 2. The predicted molar refractivity (Wildman–Crippen MR) is 138 cm³/mol. The Labute approximate surface area is 201 Å². The zero-order valence-corrected chi connectivity index (χ0v) is 20.6. The van der Waals surface area contributed by atoms with Crippen molar-refractivity contribution in [3.8, 4) is 0 Å². The summed E-state index contributed by atoms with van der Waals surface area (Å²) in [6.45, 7) is 0.914. The van der Waals surface area contributed by atoms with Gasteiger partial charge in [-0.25, -0.2) is 8.42 Å². The van der Waals surface area contributed by atoms with E-state index in [2.05, 4.69) is 39.9 Å². The summed E-state index contributed by atoms with van der Waals surface area (Å²) in [5.41, 5.74) is 2.41. The fourth-order valence-corrected chi connectivity index (χ4v) is 4.45. The Kier molecular flexibility index (Phi) is 10.00. The number of sulfone groups is 1. The molecule has 5 nitrogen and oxygen atoms in total. The lowest BCUT2D eigenvalue weighted by molar-refractivity contribution is 0.594. The minimum Gasteiger partial charge on any atom is -0.355 e. The number of hydrogen-bond acceptors (Lipinski definition) is 3. The molecule has 0 saturated heterocycles. The molecule has 0 aliphatic carbocycles. The SMILES string of the molecule is CN=C(NCCS(=O)(=O)c1ccccc1)NCC(c1ccccc1)c1ccccc1.I. The van der Waals surface area contributed by atoms with Gasteiger partial charge in [0.15, 0.2) is 15.8 Å². The van der Waals surface area contributed by atoms with Crippen molar-refractivity contribution in [1.29, 1.82) is 0 Å². The van der Waals surface area contributed by atoms with Crippen LogP contribution < -0.4 is 10.6 Å². The van der Waals surface area contributed by atoms with Crippen LogP contribution >= 0.6 is 24.0 Å². The van der Waals surface area contributed by atoms with Gasteiger partial charge in [-0.3, -0.25) is 4.99 Å². The van der Waals surface area contributed by atoms with Gasteiger partial charge in [0.05, 0.1) is 10.6 Å². The molecule has 0 aliphatic rings. The first-order chi connectivity index (χ1) is 14.6. The van der Waals surface area contributed by atoms with Crippen LogP contribution in [0.3, 0.4) is 0 Å². The van der Waals surface area contributed by atoms with Gasteiger partial charge in [-0.15, -0.1) is 24.0 Å². The monoisotopic (exact) mass is 549 g/mol. The molecule has 3 rings (SSSR count). The molecule has 0 spiro atoms. The molecule has 0 amide bonds. The van der Waals surface area contributed by atoms with Gasteiger partial charge in [0, 0.05) is 26.1 Å². The first kappa shape index (κ1) is 24.9. The molecule has 2 N–H and O–H groups in total. The highest BCUT2D eigenvalue weighted by molar-refractivity contribution is 14.0. The van der Waals surface area contributed by atoms with Crippen LogP contribution in [-0.4, -0.2) is 40.3 Å². The van der Waals surface area contributed by atoms with E-state index in [4.69, 9.17) is 0 Å². The summed E-state index contributed by atoms with van der Waals surface area (Å²) in [7, 11) is -1.65. The molecule has 0 saturated carbocycles. The van der Waals surface area contributed by atoms with Gasteiger partial charge >= 0.3 is 0 Å². The van der Waals surface area contributed by atoms with Crippen molar-refractivity contribution >= 4 is 39.8 Å². The lowest BCUT2D eigenvalue weighted by atomic mass is 9.91. The summed E-state index contributed by atoms with van der Waals surface area (Å²) in [4.78, 5) is 4.58. The van der Waals surface area contributed by atoms with Gasteiger partial charge in [-0.2, -0.15) is 0 Å². The van der Waals surface area contributed by atoms with E-state index in [1.807, 2.05) is 36.4 Å². The van der Waals surface area contributed by atoms with Crippen molar-refractivity contribution in [2.75, 3.05) is 25.9 Å². The lowest BCUT2D eigenvalue weighted by Gasteiger charge is -2.20. The average molecular weight is 549 g/mol. The maximum atomic E-state index is 12.4. The topological polar surface area (TPSA) is 70.6 Å². The molecule has 0 bridgehead atoms. The molecule has 0 fully saturated rings. The van der Waals surface area contributed by atoms with E-state index in [-0.39, 0.29) is 42.2 Å². The Balaban J connectivity index is 0.00000341. The number of benzene rings is 3. The number of nitrogens with zero attached hydrogens (tertiary/aromatic N) is 1. The Bertz CT molecular complexity index is 1000. The van der Waals surface area contributed by atoms with Gasteiger partial charge in [0.25, 0.3) is 0 Å². The number of guanidine groups is 1. The highest BCUT2D eigenvalue weighted by atomic mass is 127. The van der Waals surface area contributed by atoms with Crippen LogP contribution in [0.25, 0.3) is 0 Å². The third-order valence-electron chi connectivity index (χ3n) is 4.87. The quantitative estimate of drug-likeness (QED) is 0.253. The molecule has 0 radical (unpaired) electrons. The van der Waals surface area contributed by atoms with Crippen molar-refractivity contribution in [3.05, 3.63) is 102 Å². The van der Waals surface area contributed by atoms with Gasteiger partial charge in [-0.05, 0) is 23.3 Å². The molecule has 31 heavy (non-hydrogen) atoms. The largest absolute Gasteiger partial charge is 0.355 e. The maximum absolute atomic E-state index is 12.4. The summed E-state index contributed by atoms with van der Waals surface area (Å²) >= 11 is 0. The predicted octanol–water partition coefficient (Wildman–Crippen LogP) is 4.08. The molecule has 0 unspecified atom stereocenters. The smallest absolute Gasteiger partial charge is 0.191 e. The highest BCUT2D eigenvalue weighted by Crippen LogP contribution is 2.23. The van der Waals surface area contributed by atoms with E-state index in [1.165, 1.54) is 11.1 Å². The second-order valence-corrected chi connectivity index (χ2v) is 8.99. The van der Waals surface area contributed by atoms with Crippen molar-refractivity contribution < 1.29 is 8.42 Å². The van der Waals surface area contributed by atoms with Crippen LogP contribution in [0.4, 0.5) is 0 Å². The van der Waals surface area contributed by atoms with Gasteiger partial charge in [0.1, 0.15) is 0 Å². The molecule has 0 atom stereocenters. The fourth-order valence-electron chi connectivity index (χ4n) is 3.27. The molecular weight excluding hydrogens is 521 g/mol. The summed E-state index contributed by atoms with van der Waals surface area (Å²) in [6, 6.07) is 29.1. The fraction of sp³-hybridized carbons (Fsp3) is 0.208. The van der Waals surface area contributed by atoms with Gasteiger partial charge in [0.2, 0.25) is 0 Å². The summed E-state index contributed by atoms with van der Waals surface area (Å²) in [5, 5.41) is 6.45. The van der Waals surface area contributed by atoms with E-state index in [1.54, 1.807) is 37.4 Å². The minimum atomic E-state index is -3.33. The number of rotatable bonds is 8. The van der Waals surface area contributed by atoms with Gasteiger partial charge in [-0.1, -0.05) is 78.9 Å². The highest BCUT2D eigenvalue weighted by Gasteiger charge is 2.16. The summed E-state index contributed by atoms with van der Waals surface area (Å²) in [5.74, 6) is 0.729. The number of halogens is 1. The van der Waals surface area contributed by atoms with Gasteiger partial charge < -0.3 is 10.6 Å². The van der Waals surface area contributed by atoms with Crippen molar-refractivity contribution in [2.24, 2.45) is 4.99 Å². The maximum Gasteiger partial charge on any atom is 0.191 e. The summed E-state index contributed by atoms with van der Waals surface area (Å²) in [6.07, 6.45) is 0. The average Bonchev–Trinajstić information content (AvgIpc) is 2.80. The van der Waals surface area contributed by atoms with Crippen molar-refractivity contribution in [2.45, 2.75) is 10.8 Å². The molecular formula is C24H28IN3O2S. The van der Waals surface area contributed by atoms with E-state index in [0.717, 1.165) is 0 Å². The summed E-state index contributed by atoms with van der Waals surface area (Å²) < 4.78 is 24.9. The zero-order chi connectivity index (χ0) is 21.2. The third kappa shape index (κ3) is 7.36. The Morgan fingerprint density at radius 1 is 0.806 bits per heavy atom. The van der Waals surface area contributed by atoms with Crippen molar-refractivity contribution in [3.63, 3.8) is 0 Å². The van der Waals surface area contributed by atoms with Crippen LogP contribution in [0, 0.1) is 0 Å². The Hall–Kier alpha value is -2.39. The zero-order valence-electron chi connectivity index (χ0n) is 17.4. The van der Waals surface area contributed by atoms with Crippen LogP contribution in [-0.2, 0) is 9.84 Å². The second kappa shape index (κ2) is 12.5. The first-order valence-corrected chi connectivity index (χ1v) is 11.6. The standard InChI is InChI=1S/C24H27N3O2S.HI/c1-25-24(26-17-18-30(28,29)22-15-9-4-10-16-22)27-19-23(20-11-5-2-6-12-20)21-13-7-3-8-14-21;/h2-16,23H,17-19H2,1H3,(H2,25,26,27);1H. The molecule has 0 aromatic heterocycles. The van der Waals surface area contributed by atoms with Crippen LogP contribution in [0.1, 0.15) is 17.0 Å². The van der Waals surface area contributed by atoms with Crippen LogP contribution in [0.2, 0.25) is 0 Å². The third-order valence-corrected chi connectivity index (χ3v) is 6.60. The lowest BCUT2D eigenvalue weighted by Crippen LogP contribution is -2.41. The molecule has 0 heterocycles. The molecule has 3 aromatic rings. The molecule has 3 aromatic carbocycles. The molecule has 7 heteroatoms. The second-order valence-electron chi connectivity index (χ2n) is 6.89. The number of nitrogens with one attached hydrogen (secondary N) is 2.